The van der Waals surface area contributed by atoms with Gasteiger partial charge in [-0.15, -0.1) is 11.3 Å². The Morgan fingerprint density at radius 3 is 1.30 bits per heavy atom. The van der Waals surface area contributed by atoms with Crippen LogP contribution >= 0.6 is 11.3 Å². The lowest BCUT2D eigenvalue weighted by Gasteiger charge is -2.19. The topological polar surface area (TPSA) is 43.6 Å². The van der Waals surface area contributed by atoms with E-state index in [4.69, 9.17) is 15.0 Å². The number of hydrogen-bond donors (Lipinski definition) is 0. The van der Waals surface area contributed by atoms with Crippen LogP contribution in [0, 0.1) is 0 Å². The van der Waals surface area contributed by atoms with Gasteiger partial charge in [0.25, 0.3) is 0 Å². The third-order valence-corrected chi connectivity index (χ3v) is 14.3. The summed E-state index contributed by atoms with van der Waals surface area (Å²) in [5.74, 6) is 1.89. The molecule has 14 aromatic rings. The number of nitrogens with zero attached hydrogens (tertiary/aromatic N) is 4. The minimum atomic E-state index is 0.628. The predicted molar refractivity (Wildman–Crippen MR) is 271 cm³/mol. The summed E-state index contributed by atoms with van der Waals surface area (Å²) in [4.78, 5) is 16.5. The summed E-state index contributed by atoms with van der Waals surface area (Å²) in [6.07, 6.45) is 0. The summed E-state index contributed by atoms with van der Waals surface area (Å²) >= 11 is 1.85. The molecule has 0 radical (unpaired) electrons. The number of rotatable bonds is 4. The molecule has 14 rings (SSSR count). The van der Waals surface area contributed by atoms with Crippen LogP contribution in [0.15, 0.2) is 206 Å². The highest BCUT2D eigenvalue weighted by Crippen LogP contribution is 2.50. The standard InChI is InChI=1S/C59H34N4S/c1-3-15-37-29-43(27-25-35(37)13-1)57-60-58(44-28-26-36-14-2-4-16-38(36)30-44)62-59(61-57)54-46-22-10-9-21-45(46)53-47-23-11-12-24-52(47)64-56(53)55(54)63-50-33-41-19-7-5-17-39(41)31-48(50)49-32-40-18-6-8-20-42(40)34-51(49)63/h1-34H. The van der Waals surface area contributed by atoms with Gasteiger partial charge in [0.15, 0.2) is 17.5 Å². The van der Waals surface area contributed by atoms with Crippen LogP contribution in [0.4, 0.5) is 0 Å². The number of fused-ring (bicyclic) bond motifs is 12. The Morgan fingerprint density at radius 2 is 0.750 bits per heavy atom. The second kappa shape index (κ2) is 13.6. The van der Waals surface area contributed by atoms with Gasteiger partial charge < -0.3 is 4.57 Å². The van der Waals surface area contributed by atoms with Gasteiger partial charge in [-0.3, -0.25) is 0 Å². The molecular weight excluding hydrogens is 797 g/mol. The molecular formula is C59H34N4S. The van der Waals surface area contributed by atoms with Crippen molar-refractivity contribution in [1.29, 1.82) is 0 Å². The molecule has 0 fully saturated rings. The lowest BCUT2D eigenvalue weighted by Crippen LogP contribution is -2.05. The Hall–Kier alpha value is -8.25. The van der Waals surface area contributed by atoms with Gasteiger partial charge in [-0.25, -0.2) is 15.0 Å². The minimum absolute atomic E-state index is 0.628. The zero-order chi connectivity index (χ0) is 41.9. The average Bonchev–Trinajstić information content (AvgIpc) is 3.89. The molecule has 4 nitrogen and oxygen atoms in total. The van der Waals surface area contributed by atoms with E-state index >= 15 is 0 Å². The molecule has 296 valence electrons. The van der Waals surface area contributed by atoms with E-state index in [2.05, 4.69) is 211 Å². The maximum absolute atomic E-state index is 5.58. The van der Waals surface area contributed by atoms with Crippen LogP contribution in [0.2, 0.25) is 0 Å². The molecule has 0 unspecified atom stereocenters. The quantitative estimate of drug-likeness (QED) is 0.177. The van der Waals surface area contributed by atoms with Crippen LogP contribution < -0.4 is 0 Å². The van der Waals surface area contributed by atoms with Crippen molar-refractivity contribution >= 4 is 107 Å². The van der Waals surface area contributed by atoms with Crippen molar-refractivity contribution in [3.63, 3.8) is 0 Å². The van der Waals surface area contributed by atoms with Crippen LogP contribution in [0.1, 0.15) is 0 Å². The highest BCUT2D eigenvalue weighted by atomic mass is 32.1. The third kappa shape index (κ3) is 5.31. The first-order chi connectivity index (χ1) is 31.7. The van der Waals surface area contributed by atoms with E-state index in [9.17, 15) is 0 Å². The zero-order valence-electron chi connectivity index (χ0n) is 34.3. The molecule has 0 atom stereocenters. The largest absolute Gasteiger partial charge is 0.307 e. The Labute approximate surface area is 371 Å². The van der Waals surface area contributed by atoms with Gasteiger partial charge in [0.05, 0.1) is 27.0 Å². The van der Waals surface area contributed by atoms with Crippen LogP contribution in [0.3, 0.4) is 0 Å². The summed E-state index contributed by atoms with van der Waals surface area (Å²) in [7, 11) is 0. The lowest BCUT2D eigenvalue weighted by molar-refractivity contribution is 1.07. The maximum atomic E-state index is 5.58. The van der Waals surface area contributed by atoms with E-state index in [-0.39, 0.29) is 0 Å². The Bertz CT molecular complexity index is 4080. The Kier molecular flexibility index (Phi) is 7.53. The van der Waals surface area contributed by atoms with Crippen molar-refractivity contribution < 1.29 is 0 Å². The minimum Gasteiger partial charge on any atom is -0.307 e. The normalized spacial score (nSPS) is 12.1. The van der Waals surface area contributed by atoms with Gasteiger partial charge in [0.2, 0.25) is 0 Å². The Balaban J connectivity index is 1.18. The molecule has 0 spiro atoms. The summed E-state index contributed by atoms with van der Waals surface area (Å²) in [6, 6.07) is 74.6. The molecule has 3 aromatic heterocycles. The van der Waals surface area contributed by atoms with Crippen molar-refractivity contribution in [1.82, 2.24) is 19.5 Å². The third-order valence-electron chi connectivity index (χ3n) is 13.1. The number of benzene rings is 11. The first-order valence-electron chi connectivity index (χ1n) is 21.7. The van der Waals surface area contributed by atoms with Gasteiger partial charge in [-0.1, -0.05) is 164 Å². The molecule has 0 N–H and O–H groups in total. The van der Waals surface area contributed by atoms with Gasteiger partial charge >= 0.3 is 0 Å². The summed E-state index contributed by atoms with van der Waals surface area (Å²) in [5.41, 5.74) is 6.19. The van der Waals surface area contributed by atoms with Crippen molar-refractivity contribution in [2.45, 2.75) is 0 Å². The molecule has 64 heavy (non-hydrogen) atoms. The van der Waals surface area contributed by atoms with Gasteiger partial charge in [-0.05, 0) is 96.3 Å². The summed E-state index contributed by atoms with van der Waals surface area (Å²) < 4.78 is 4.95. The van der Waals surface area contributed by atoms with E-state index in [1.165, 1.54) is 68.6 Å². The first kappa shape index (κ1) is 35.4. The second-order valence-electron chi connectivity index (χ2n) is 16.8. The Morgan fingerprint density at radius 1 is 0.328 bits per heavy atom. The highest BCUT2D eigenvalue weighted by Gasteiger charge is 2.27. The molecule has 0 amide bonds. The van der Waals surface area contributed by atoms with E-state index in [1.54, 1.807) is 0 Å². The van der Waals surface area contributed by atoms with Gasteiger partial charge in [-0.2, -0.15) is 0 Å². The van der Waals surface area contributed by atoms with Crippen molar-refractivity contribution in [2.75, 3.05) is 0 Å². The number of aromatic nitrogens is 4. The molecule has 5 heteroatoms. The van der Waals surface area contributed by atoms with Crippen LogP contribution in [0.5, 0.6) is 0 Å². The SMILES string of the molecule is c1ccc2cc(-c3nc(-c4ccc5ccccc5c4)nc(-c4c(-n5c6cc7ccccc7cc6c6cc7ccccc7cc65)c5sc6ccccc6c5c5ccccc45)n3)ccc2c1. The fraction of sp³-hybridized carbons (Fsp3) is 0. The van der Waals surface area contributed by atoms with E-state index in [1.807, 2.05) is 11.3 Å². The number of thiophene rings is 1. The van der Waals surface area contributed by atoms with E-state index in [0.29, 0.717) is 17.5 Å². The molecule has 3 heterocycles. The number of hydrogen-bond acceptors (Lipinski definition) is 4. The fourth-order valence-corrected chi connectivity index (χ4v) is 11.4. The molecule has 0 aliphatic rings. The lowest BCUT2D eigenvalue weighted by atomic mass is 9.96. The van der Waals surface area contributed by atoms with Crippen molar-refractivity contribution in [2.24, 2.45) is 0 Å². The zero-order valence-corrected chi connectivity index (χ0v) is 35.1. The van der Waals surface area contributed by atoms with Gasteiger partial charge in [0, 0.05) is 37.4 Å². The molecule has 0 aliphatic heterocycles. The van der Waals surface area contributed by atoms with Crippen molar-refractivity contribution in [3.8, 4) is 39.9 Å². The highest BCUT2D eigenvalue weighted by molar-refractivity contribution is 7.26. The van der Waals surface area contributed by atoms with Crippen LogP contribution in [0.25, 0.3) is 136 Å². The van der Waals surface area contributed by atoms with Crippen LogP contribution in [-0.4, -0.2) is 19.5 Å². The molecule has 0 aliphatic carbocycles. The molecule has 0 saturated heterocycles. The van der Waals surface area contributed by atoms with E-state index < -0.39 is 0 Å². The maximum Gasteiger partial charge on any atom is 0.166 e. The average molecular weight is 831 g/mol. The fourth-order valence-electron chi connectivity index (χ4n) is 10.1. The second-order valence-corrected chi connectivity index (χ2v) is 17.8. The van der Waals surface area contributed by atoms with Crippen LogP contribution in [-0.2, 0) is 0 Å². The molecule has 11 aromatic carbocycles. The van der Waals surface area contributed by atoms with Gasteiger partial charge in [0.1, 0.15) is 0 Å². The summed E-state index contributed by atoms with van der Waals surface area (Å²) in [6.45, 7) is 0. The molecule has 0 bridgehead atoms. The monoisotopic (exact) mass is 830 g/mol. The molecule has 0 saturated carbocycles. The van der Waals surface area contributed by atoms with E-state index in [0.717, 1.165) is 49.6 Å². The predicted octanol–water partition coefficient (Wildman–Crippen LogP) is 16.1. The van der Waals surface area contributed by atoms with Crippen molar-refractivity contribution in [3.05, 3.63) is 206 Å². The first-order valence-corrected chi connectivity index (χ1v) is 22.5. The smallest absolute Gasteiger partial charge is 0.166 e. The summed E-state index contributed by atoms with van der Waals surface area (Å²) in [5, 5.41) is 16.6.